The molecule has 0 saturated carbocycles. The average molecular weight is 286 g/mol. The van der Waals surface area contributed by atoms with E-state index in [1.54, 1.807) is 23.9 Å². The minimum Gasteiger partial charge on any atom is -0.496 e. The maximum Gasteiger partial charge on any atom is 0.255 e. The molecule has 1 heterocycles. The number of ether oxygens (including phenoxy) is 1. The third-order valence-corrected chi connectivity index (χ3v) is 3.67. The maximum atomic E-state index is 12.5. The molecule has 1 aromatic carbocycles. The van der Waals surface area contributed by atoms with Crippen LogP contribution in [0.5, 0.6) is 5.75 Å². The van der Waals surface area contributed by atoms with Gasteiger partial charge in [0.15, 0.2) is 0 Å². The van der Waals surface area contributed by atoms with Crippen LogP contribution in [0.15, 0.2) is 41.3 Å². The molecule has 2 aromatic rings. The molecule has 4 nitrogen and oxygen atoms in total. The molecule has 0 spiro atoms. The van der Waals surface area contributed by atoms with E-state index < -0.39 is 6.04 Å². The van der Waals surface area contributed by atoms with Gasteiger partial charge in [-0.15, -0.1) is 0 Å². The molecule has 0 amide bonds. The van der Waals surface area contributed by atoms with E-state index in [2.05, 4.69) is 0 Å². The summed E-state index contributed by atoms with van der Waals surface area (Å²) in [6.45, 7) is 5.93. The second-order valence-electron chi connectivity index (χ2n) is 5.48. The van der Waals surface area contributed by atoms with Crippen LogP contribution < -0.4 is 16.0 Å². The molecule has 0 saturated heterocycles. The van der Waals surface area contributed by atoms with Crippen LogP contribution in [0, 0.1) is 6.92 Å². The Hall–Kier alpha value is -2.07. The molecule has 2 rings (SSSR count). The van der Waals surface area contributed by atoms with E-state index in [0.29, 0.717) is 5.56 Å². The van der Waals surface area contributed by atoms with Gasteiger partial charge >= 0.3 is 0 Å². The van der Waals surface area contributed by atoms with Crippen LogP contribution in [0.1, 0.15) is 42.6 Å². The first kappa shape index (κ1) is 15.3. The highest BCUT2D eigenvalue weighted by molar-refractivity contribution is 5.40. The molecule has 0 aliphatic heterocycles. The third kappa shape index (κ3) is 3.00. The highest BCUT2D eigenvalue weighted by Gasteiger charge is 2.15. The molecule has 0 fully saturated rings. The third-order valence-electron chi connectivity index (χ3n) is 3.67. The van der Waals surface area contributed by atoms with Crippen LogP contribution in [0.3, 0.4) is 0 Å². The minimum absolute atomic E-state index is 0.0338. The number of nitrogens with zero attached hydrogens (tertiary/aromatic N) is 1. The number of hydrogen-bond donors (Lipinski definition) is 1. The number of aromatic nitrogens is 1. The first-order chi connectivity index (χ1) is 9.95. The topological polar surface area (TPSA) is 57.2 Å². The van der Waals surface area contributed by atoms with Crippen molar-refractivity contribution in [1.29, 1.82) is 0 Å². The summed E-state index contributed by atoms with van der Waals surface area (Å²) in [5.74, 6) is 0.818. The van der Waals surface area contributed by atoms with Crippen molar-refractivity contribution in [1.82, 2.24) is 4.57 Å². The molecule has 0 aliphatic carbocycles. The number of benzene rings is 1. The van der Waals surface area contributed by atoms with Crippen LogP contribution in [0.4, 0.5) is 0 Å². The molecule has 1 atom stereocenters. The van der Waals surface area contributed by atoms with Crippen LogP contribution >= 0.6 is 0 Å². The largest absolute Gasteiger partial charge is 0.496 e. The van der Waals surface area contributed by atoms with Gasteiger partial charge < -0.3 is 15.0 Å². The smallest absolute Gasteiger partial charge is 0.255 e. The average Bonchev–Trinajstić information content (AvgIpc) is 2.46. The fourth-order valence-corrected chi connectivity index (χ4v) is 2.45. The number of methoxy groups -OCH3 is 1. The van der Waals surface area contributed by atoms with Gasteiger partial charge in [-0.05, 0) is 44.0 Å². The van der Waals surface area contributed by atoms with Gasteiger partial charge in [0.2, 0.25) is 0 Å². The fraction of sp³-hybridized carbons (Fsp3) is 0.353. The fourth-order valence-electron chi connectivity index (χ4n) is 2.45. The lowest BCUT2D eigenvalue weighted by Crippen LogP contribution is -2.29. The highest BCUT2D eigenvalue weighted by atomic mass is 16.5. The van der Waals surface area contributed by atoms with Crippen LogP contribution in [0.25, 0.3) is 0 Å². The first-order valence-corrected chi connectivity index (χ1v) is 7.07. The predicted octanol–water partition coefficient (Wildman–Crippen LogP) is 2.79. The summed E-state index contributed by atoms with van der Waals surface area (Å²) >= 11 is 0. The predicted molar refractivity (Wildman–Crippen MR) is 84.8 cm³/mol. The molecule has 21 heavy (non-hydrogen) atoms. The number of rotatable bonds is 4. The van der Waals surface area contributed by atoms with Gasteiger partial charge in [-0.2, -0.15) is 0 Å². The van der Waals surface area contributed by atoms with E-state index in [-0.39, 0.29) is 11.6 Å². The van der Waals surface area contributed by atoms with Crippen molar-refractivity contribution in [3.63, 3.8) is 0 Å². The van der Waals surface area contributed by atoms with Crippen LogP contribution in [0.2, 0.25) is 0 Å². The Bertz CT molecular complexity index is 689. The lowest BCUT2D eigenvalue weighted by molar-refractivity contribution is 0.411. The standard InChI is InChI=1S/C17H22N2O2/c1-11(2)19-9-5-6-14(17(19)20)16(18)13-7-8-15(21-4)12(3)10-13/h5-11,16H,18H2,1-4H3. The van der Waals surface area contributed by atoms with Crippen molar-refractivity contribution in [2.75, 3.05) is 7.11 Å². The molecular formula is C17H22N2O2. The van der Waals surface area contributed by atoms with Gasteiger partial charge in [0.25, 0.3) is 5.56 Å². The Kier molecular flexibility index (Phi) is 4.48. The molecule has 0 bridgehead atoms. The highest BCUT2D eigenvalue weighted by Crippen LogP contribution is 2.24. The van der Waals surface area contributed by atoms with Crippen LogP contribution in [-0.2, 0) is 0 Å². The second kappa shape index (κ2) is 6.14. The van der Waals surface area contributed by atoms with Crippen molar-refractivity contribution in [2.45, 2.75) is 32.9 Å². The molecule has 2 N–H and O–H groups in total. The zero-order valence-corrected chi connectivity index (χ0v) is 13.0. The van der Waals surface area contributed by atoms with Gasteiger partial charge in [-0.25, -0.2) is 0 Å². The zero-order chi connectivity index (χ0) is 15.6. The van der Waals surface area contributed by atoms with Gasteiger partial charge in [-0.1, -0.05) is 18.2 Å². The van der Waals surface area contributed by atoms with Crippen molar-refractivity contribution < 1.29 is 4.74 Å². The summed E-state index contributed by atoms with van der Waals surface area (Å²) in [6, 6.07) is 9.10. The SMILES string of the molecule is COc1ccc(C(N)c2cccn(C(C)C)c2=O)cc1C. The number of hydrogen-bond acceptors (Lipinski definition) is 3. The Morgan fingerprint density at radius 1 is 1.24 bits per heavy atom. The number of nitrogens with two attached hydrogens (primary N) is 1. The van der Waals surface area contributed by atoms with E-state index in [1.807, 2.05) is 45.0 Å². The molecule has 0 radical (unpaired) electrons. The van der Waals surface area contributed by atoms with Gasteiger partial charge in [0.05, 0.1) is 13.2 Å². The summed E-state index contributed by atoms with van der Waals surface area (Å²) in [5, 5.41) is 0. The summed E-state index contributed by atoms with van der Waals surface area (Å²) in [5.41, 5.74) is 8.78. The van der Waals surface area contributed by atoms with E-state index in [4.69, 9.17) is 10.5 Å². The molecule has 4 heteroatoms. The summed E-state index contributed by atoms with van der Waals surface area (Å²) in [4.78, 5) is 12.5. The Balaban J connectivity index is 2.45. The molecule has 1 unspecified atom stereocenters. The van der Waals surface area contributed by atoms with Gasteiger partial charge in [-0.3, -0.25) is 4.79 Å². The monoisotopic (exact) mass is 286 g/mol. The summed E-state index contributed by atoms with van der Waals surface area (Å²) in [6.07, 6.45) is 1.79. The number of pyridine rings is 1. The normalized spacial score (nSPS) is 12.5. The minimum atomic E-state index is -0.437. The Morgan fingerprint density at radius 2 is 1.95 bits per heavy atom. The van der Waals surface area contributed by atoms with Crippen molar-refractivity contribution >= 4 is 0 Å². The van der Waals surface area contributed by atoms with E-state index >= 15 is 0 Å². The van der Waals surface area contributed by atoms with E-state index in [9.17, 15) is 4.79 Å². The second-order valence-corrected chi connectivity index (χ2v) is 5.48. The molecule has 112 valence electrons. The quantitative estimate of drug-likeness (QED) is 0.940. The lowest BCUT2D eigenvalue weighted by atomic mass is 9.98. The van der Waals surface area contributed by atoms with Crippen LogP contribution in [-0.4, -0.2) is 11.7 Å². The zero-order valence-electron chi connectivity index (χ0n) is 13.0. The van der Waals surface area contributed by atoms with E-state index in [0.717, 1.165) is 16.9 Å². The van der Waals surface area contributed by atoms with Gasteiger partial charge in [0, 0.05) is 17.8 Å². The summed E-state index contributed by atoms with van der Waals surface area (Å²) < 4.78 is 6.95. The lowest BCUT2D eigenvalue weighted by Gasteiger charge is -2.17. The molecular weight excluding hydrogens is 264 g/mol. The Morgan fingerprint density at radius 3 is 2.52 bits per heavy atom. The van der Waals surface area contributed by atoms with Crippen molar-refractivity contribution in [3.8, 4) is 5.75 Å². The molecule has 0 aliphatic rings. The van der Waals surface area contributed by atoms with Crippen molar-refractivity contribution in [3.05, 3.63) is 63.6 Å². The maximum absolute atomic E-state index is 12.5. The van der Waals surface area contributed by atoms with E-state index in [1.165, 1.54) is 0 Å². The first-order valence-electron chi connectivity index (χ1n) is 7.07. The summed E-state index contributed by atoms with van der Waals surface area (Å²) in [7, 11) is 1.64. The molecule has 1 aromatic heterocycles. The van der Waals surface area contributed by atoms with Gasteiger partial charge in [0.1, 0.15) is 5.75 Å². The number of aryl methyl sites for hydroxylation is 1. The van der Waals surface area contributed by atoms with Crippen molar-refractivity contribution in [2.24, 2.45) is 5.73 Å². The Labute approximate surface area is 125 Å².